The second-order valence-electron chi connectivity index (χ2n) is 7.34. The van der Waals surface area contributed by atoms with Crippen molar-refractivity contribution in [3.05, 3.63) is 0 Å². The molecule has 3 heteroatoms. The lowest BCUT2D eigenvalue weighted by Gasteiger charge is -2.40. The maximum atomic E-state index is 12.4. The second-order valence-corrected chi connectivity index (χ2v) is 7.34. The maximum absolute atomic E-state index is 12.4. The summed E-state index contributed by atoms with van der Waals surface area (Å²) in [5.74, 6) is 0.290. The standard InChI is InChI=1S/C15H30N2O/c1-7-9-16-12-8-10-17(13(12)18)15(5,6)11-14(2,3)4/h12,16H,7-11H2,1-6H3. The molecule has 1 saturated heterocycles. The zero-order valence-corrected chi connectivity index (χ0v) is 13.0. The smallest absolute Gasteiger partial charge is 0.240 e. The number of hydrogen-bond donors (Lipinski definition) is 1. The number of hydrogen-bond acceptors (Lipinski definition) is 2. The van der Waals surface area contributed by atoms with Gasteiger partial charge in [0, 0.05) is 12.1 Å². The lowest BCUT2D eigenvalue weighted by molar-refractivity contribution is -0.134. The molecule has 0 bridgehead atoms. The Balaban J connectivity index is 2.65. The Morgan fingerprint density at radius 2 is 1.89 bits per heavy atom. The predicted molar refractivity (Wildman–Crippen MR) is 76.6 cm³/mol. The van der Waals surface area contributed by atoms with E-state index in [4.69, 9.17) is 0 Å². The normalized spacial score (nSPS) is 21.8. The molecule has 0 aliphatic carbocycles. The quantitative estimate of drug-likeness (QED) is 0.818. The molecular formula is C15H30N2O. The van der Waals surface area contributed by atoms with E-state index >= 15 is 0 Å². The highest BCUT2D eigenvalue weighted by Gasteiger charge is 2.41. The van der Waals surface area contributed by atoms with Crippen LogP contribution in [0.5, 0.6) is 0 Å². The third kappa shape index (κ3) is 3.98. The molecule has 1 aliphatic rings. The van der Waals surface area contributed by atoms with Crippen molar-refractivity contribution in [1.29, 1.82) is 0 Å². The highest BCUT2D eigenvalue weighted by atomic mass is 16.2. The first kappa shape index (κ1) is 15.5. The molecule has 106 valence electrons. The van der Waals surface area contributed by atoms with Gasteiger partial charge < -0.3 is 10.2 Å². The van der Waals surface area contributed by atoms with Crippen LogP contribution in [0.1, 0.15) is 60.8 Å². The van der Waals surface area contributed by atoms with E-state index in [1.807, 2.05) is 0 Å². The average molecular weight is 254 g/mol. The summed E-state index contributed by atoms with van der Waals surface area (Å²) in [6.45, 7) is 15.1. The summed E-state index contributed by atoms with van der Waals surface area (Å²) < 4.78 is 0. The fraction of sp³-hybridized carbons (Fsp3) is 0.933. The molecule has 3 nitrogen and oxygen atoms in total. The summed E-state index contributed by atoms with van der Waals surface area (Å²) in [7, 11) is 0. The second kappa shape index (κ2) is 5.60. The summed E-state index contributed by atoms with van der Waals surface area (Å²) in [4.78, 5) is 14.5. The van der Waals surface area contributed by atoms with Crippen LogP contribution in [0.25, 0.3) is 0 Å². The fourth-order valence-electron chi connectivity index (χ4n) is 3.18. The third-order valence-electron chi connectivity index (χ3n) is 3.54. The van der Waals surface area contributed by atoms with Gasteiger partial charge in [-0.05, 0) is 45.1 Å². The van der Waals surface area contributed by atoms with Gasteiger partial charge in [-0.25, -0.2) is 0 Å². The van der Waals surface area contributed by atoms with Gasteiger partial charge in [0.2, 0.25) is 5.91 Å². The molecule has 0 aromatic rings. The van der Waals surface area contributed by atoms with Gasteiger partial charge in [-0.1, -0.05) is 27.7 Å². The first-order valence-electron chi connectivity index (χ1n) is 7.22. The van der Waals surface area contributed by atoms with Gasteiger partial charge in [0.05, 0.1) is 6.04 Å². The summed E-state index contributed by atoms with van der Waals surface area (Å²) in [6, 6.07) is 0.0455. The Kier molecular flexibility index (Phi) is 4.82. The minimum Gasteiger partial charge on any atom is -0.336 e. The fourth-order valence-corrected chi connectivity index (χ4v) is 3.18. The van der Waals surface area contributed by atoms with E-state index in [-0.39, 0.29) is 22.9 Å². The molecule has 1 fully saturated rings. The van der Waals surface area contributed by atoms with E-state index in [0.717, 1.165) is 32.4 Å². The van der Waals surface area contributed by atoms with Crippen molar-refractivity contribution in [2.75, 3.05) is 13.1 Å². The molecule has 0 aromatic heterocycles. The average Bonchev–Trinajstić information content (AvgIpc) is 2.53. The van der Waals surface area contributed by atoms with Crippen LogP contribution in [-0.4, -0.2) is 35.5 Å². The van der Waals surface area contributed by atoms with Crippen LogP contribution in [0.3, 0.4) is 0 Å². The van der Waals surface area contributed by atoms with Crippen molar-refractivity contribution in [2.45, 2.75) is 72.4 Å². The summed E-state index contributed by atoms with van der Waals surface area (Å²) in [5.41, 5.74) is 0.205. The number of amides is 1. The van der Waals surface area contributed by atoms with Crippen LogP contribution in [-0.2, 0) is 4.79 Å². The number of nitrogens with zero attached hydrogens (tertiary/aromatic N) is 1. The molecule has 1 heterocycles. The maximum Gasteiger partial charge on any atom is 0.240 e. The van der Waals surface area contributed by atoms with Crippen molar-refractivity contribution in [2.24, 2.45) is 5.41 Å². The van der Waals surface area contributed by atoms with Crippen LogP contribution in [0.15, 0.2) is 0 Å². The van der Waals surface area contributed by atoms with Crippen molar-refractivity contribution in [3.63, 3.8) is 0 Å². The van der Waals surface area contributed by atoms with Gasteiger partial charge in [-0.2, -0.15) is 0 Å². The van der Waals surface area contributed by atoms with Crippen LogP contribution >= 0.6 is 0 Å². The molecule has 1 unspecified atom stereocenters. The van der Waals surface area contributed by atoms with Crippen molar-refractivity contribution >= 4 is 5.91 Å². The summed E-state index contributed by atoms with van der Waals surface area (Å²) >= 11 is 0. The number of rotatable bonds is 5. The zero-order valence-electron chi connectivity index (χ0n) is 13.0. The molecule has 1 aliphatic heterocycles. The molecule has 0 radical (unpaired) electrons. The molecule has 0 saturated carbocycles. The van der Waals surface area contributed by atoms with E-state index in [9.17, 15) is 4.79 Å². The first-order chi connectivity index (χ1) is 8.17. The van der Waals surface area contributed by atoms with Crippen LogP contribution in [0.4, 0.5) is 0 Å². The van der Waals surface area contributed by atoms with Crippen LogP contribution < -0.4 is 5.32 Å². The van der Waals surface area contributed by atoms with Crippen molar-refractivity contribution < 1.29 is 4.79 Å². The first-order valence-corrected chi connectivity index (χ1v) is 7.22. The Labute approximate surface area is 112 Å². The van der Waals surface area contributed by atoms with Gasteiger partial charge in [0.25, 0.3) is 0 Å². The van der Waals surface area contributed by atoms with E-state index in [0.29, 0.717) is 0 Å². The Bertz CT molecular complexity index is 291. The van der Waals surface area contributed by atoms with Crippen LogP contribution in [0.2, 0.25) is 0 Å². The Morgan fingerprint density at radius 3 is 2.39 bits per heavy atom. The Hall–Kier alpha value is -0.570. The predicted octanol–water partition coefficient (Wildman–Crippen LogP) is 2.80. The number of carbonyl (C=O) groups is 1. The molecule has 1 atom stereocenters. The minimum absolute atomic E-state index is 0.0437. The molecule has 0 aromatic carbocycles. The van der Waals surface area contributed by atoms with Crippen molar-refractivity contribution in [3.8, 4) is 0 Å². The number of likely N-dealkylation sites (tertiary alicyclic amines) is 1. The topological polar surface area (TPSA) is 32.3 Å². The highest BCUT2D eigenvalue weighted by molar-refractivity contribution is 5.84. The zero-order chi connectivity index (χ0) is 14.0. The van der Waals surface area contributed by atoms with Crippen molar-refractivity contribution in [1.82, 2.24) is 10.2 Å². The third-order valence-corrected chi connectivity index (χ3v) is 3.54. The summed E-state index contributed by atoms with van der Waals surface area (Å²) in [5, 5.41) is 3.35. The van der Waals surface area contributed by atoms with E-state index in [1.54, 1.807) is 0 Å². The lowest BCUT2D eigenvalue weighted by atomic mass is 9.81. The molecule has 1 N–H and O–H groups in total. The van der Waals surface area contributed by atoms with Crippen LogP contribution in [0, 0.1) is 5.41 Å². The van der Waals surface area contributed by atoms with Gasteiger partial charge >= 0.3 is 0 Å². The van der Waals surface area contributed by atoms with E-state index < -0.39 is 0 Å². The summed E-state index contributed by atoms with van der Waals surface area (Å²) in [6.07, 6.45) is 3.06. The Morgan fingerprint density at radius 1 is 1.28 bits per heavy atom. The molecule has 0 spiro atoms. The SMILES string of the molecule is CCCNC1CCN(C(C)(C)CC(C)(C)C)C1=O. The highest BCUT2D eigenvalue weighted by Crippen LogP contribution is 2.33. The van der Waals surface area contributed by atoms with Gasteiger partial charge in [-0.3, -0.25) is 4.79 Å². The number of carbonyl (C=O) groups excluding carboxylic acids is 1. The van der Waals surface area contributed by atoms with E-state index in [1.165, 1.54) is 0 Å². The van der Waals surface area contributed by atoms with Gasteiger partial charge in [0.1, 0.15) is 0 Å². The minimum atomic E-state index is -0.0437. The molecule has 18 heavy (non-hydrogen) atoms. The van der Waals surface area contributed by atoms with Gasteiger partial charge in [0.15, 0.2) is 0 Å². The monoisotopic (exact) mass is 254 g/mol. The van der Waals surface area contributed by atoms with E-state index in [2.05, 4.69) is 51.8 Å². The molecular weight excluding hydrogens is 224 g/mol. The molecule has 1 amide bonds. The van der Waals surface area contributed by atoms with Gasteiger partial charge in [-0.15, -0.1) is 0 Å². The largest absolute Gasteiger partial charge is 0.336 e. The number of nitrogens with one attached hydrogen (secondary N) is 1. The molecule has 1 rings (SSSR count). The lowest BCUT2D eigenvalue weighted by Crippen LogP contribution is -2.50.